The maximum absolute atomic E-state index is 11.8. The third-order valence-electron chi connectivity index (χ3n) is 3.96. The molecule has 0 aromatic heterocycles. The highest BCUT2D eigenvalue weighted by atomic mass is 16.7. The first-order chi connectivity index (χ1) is 12.8. The molecule has 0 saturated carbocycles. The van der Waals surface area contributed by atoms with Crippen molar-refractivity contribution < 1.29 is 19.0 Å². The second-order valence-corrected chi connectivity index (χ2v) is 6.12. The summed E-state index contributed by atoms with van der Waals surface area (Å²) in [6.45, 7) is 5.78. The molecule has 26 heavy (non-hydrogen) atoms. The van der Waals surface area contributed by atoms with Gasteiger partial charge in [-0.25, -0.2) is 4.79 Å². The molecule has 1 aromatic carbocycles. The molecule has 0 atom stereocenters. The van der Waals surface area contributed by atoms with Crippen LogP contribution in [0.1, 0.15) is 69.2 Å². The minimum absolute atomic E-state index is 0.205. The van der Waals surface area contributed by atoms with Crippen LogP contribution in [-0.4, -0.2) is 32.1 Å². The third kappa shape index (κ3) is 11.1. The number of esters is 1. The average Bonchev–Trinajstić information content (AvgIpc) is 2.67. The molecule has 0 spiro atoms. The fourth-order valence-electron chi connectivity index (χ4n) is 2.59. The van der Waals surface area contributed by atoms with Gasteiger partial charge >= 0.3 is 5.97 Å². The number of carbonyl (C=O) groups is 1. The van der Waals surface area contributed by atoms with Crippen molar-refractivity contribution in [3.8, 4) is 0 Å². The molecule has 0 fully saturated rings. The Hall–Kier alpha value is -1.65. The molecule has 0 aliphatic heterocycles. The van der Waals surface area contributed by atoms with Crippen LogP contribution in [0.3, 0.4) is 0 Å². The van der Waals surface area contributed by atoms with Gasteiger partial charge in [-0.05, 0) is 51.3 Å². The van der Waals surface area contributed by atoms with E-state index in [-0.39, 0.29) is 12.3 Å². The topological polar surface area (TPSA) is 44.8 Å². The molecule has 4 nitrogen and oxygen atoms in total. The molecule has 0 saturated heterocycles. The Bertz CT molecular complexity index is 478. The fourth-order valence-corrected chi connectivity index (χ4v) is 2.59. The maximum atomic E-state index is 11.8. The van der Waals surface area contributed by atoms with Crippen LogP contribution in [0.2, 0.25) is 0 Å². The van der Waals surface area contributed by atoms with E-state index in [1.54, 1.807) is 12.1 Å². The summed E-state index contributed by atoms with van der Waals surface area (Å²) in [4.78, 5) is 11.8. The zero-order valence-electron chi connectivity index (χ0n) is 16.3. The molecule has 0 unspecified atom stereocenters. The van der Waals surface area contributed by atoms with Gasteiger partial charge in [0, 0.05) is 13.2 Å². The normalized spacial score (nSPS) is 11.3. The summed E-state index contributed by atoms with van der Waals surface area (Å²) >= 11 is 0. The van der Waals surface area contributed by atoms with Crippen molar-refractivity contribution in [1.29, 1.82) is 0 Å². The number of benzene rings is 1. The average molecular weight is 363 g/mol. The molecule has 0 radical (unpaired) electrons. The number of hydrogen-bond acceptors (Lipinski definition) is 4. The van der Waals surface area contributed by atoms with Gasteiger partial charge in [0.1, 0.15) is 0 Å². The van der Waals surface area contributed by atoms with Crippen molar-refractivity contribution in [3.63, 3.8) is 0 Å². The van der Waals surface area contributed by atoms with E-state index < -0.39 is 0 Å². The lowest BCUT2D eigenvalue weighted by molar-refractivity contribution is -0.104. The molecule has 0 N–H and O–H groups in total. The van der Waals surface area contributed by atoms with Crippen LogP contribution < -0.4 is 0 Å². The van der Waals surface area contributed by atoms with E-state index >= 15 is 0 Å². The van der Waals surface area contributed by atoms with Gasteiger partial charge in [0.25, 0.3) is 0 Å². The van der Waals surface area contributed by atoms with Crippen molar-refractivity contribution in [1.82, 2.24) is 0 Å². The van der Waals surface area contributed by atoms with Gasteiger partial charge in [0.05, 0.1) is 12.2 Å². The number of carbonyl (C=O) groups excluding carboxylic acids is 1. The van der Waals surface area contributed by atoms with E-state index in [0.717, 1.165) is 19.3 Å². The largest absolute Gasteiger partial charge is 0.462 e. The highest BCUT2D eigenvalue weighted by Gasteiger charge is 2.05. The first kappa shape index (κ1) is 22.4. The zero-order chi connectivity index (χ0) is 18.9. The molecule has 0 amide bonds. The second-order valence-electron chi connectivity index (χ2n) is 6.12. The van der Waals surface area contributed by atoms with E-state index in [4.69, 9.17) is 14.2 Å². The lowest BCUT2D eigenvalue weighted by atomic mass is 10.1. The molecule has 1 aromatic rings. The van der Waals surface area contributed by atoms with Crippen LogP contribution in [0, 0.1) is 0 Å². The lowest BCUT2D eigenvalue weighted by Crippen LogP contribution is -2.14. The van der Waals surface area contributed by atoms with Gasteiger partial charge in [-0.3, -0.25) is 0 Å². The smallest absolute Gasteiger partial charge is 0.338 e. The second kappa shape index (κ2) is 15.6. The number of rotatable bonds is 15. The molecule has 4 heteroatoms. The minimum atomic E-state index is -0.227. The van der Waals surface area contributed by atoms with Crippen molar-refractivity contribution >= 4 is 5.97 Å². The fraction of sp³-hybridized carbons (Fsp3) is 0.591. The summed E-state index contributed by atoms with van der Waals surface area (Å²) in [5.74, 6) is -0.227. The van der Waals surface area contributed by atoms with Crippen molar-refractivity contribution in [2.75, 3.05) is 19.8 Å². The standard InChI is InChI=1S/C22H34O4/c1-3-24-21(25-4-2)18-14-9-7-5-6-8-10-15-19-26-22(23)20-16-12-11-13-17-20/h11-14,16-18,21H,3-10,15,19H2,1-2H3/b18-14-. The number of unbranched alkanes of at least 4 members (excludes halogenated alkanes) is 6. The van der Waals surface area contributed by atoms with E-state index in [0.29, 0.717) is 25.4 Å². The molecule has 146 valence electrons. The minimum Gasteiger partial charge on any atom is -0.462 e. The Morgan fingerprint density at radius 3 is 2.19 bits per heavy atom. The number of hydrogen-bond donors (Lipinski definition) is 0. The van der Waals surface area contributed by atoms with E-state index in [2.05, 4.69) is 6.08 Å². The third-order valence-corrected chi connectivity index (χ3v) is 3.96. The van der Waals surface area contributed by atoms with Crippen molar-refractivity contribution in [2.24, 2.45) is 0 Å². The van der Waals surface area contributed by atoms with Gasteiger partial charge in [0.15, 0.2) is 6.29 Å². The van der Waals surface area contributed by atoms with Gasteiger partial charge < -0.3 is 14.2 Å². The van der Waals surface area contributed by atoms with E-state index in [9.17, 15) is 4.79 Å². The molecule has 0 aliphatic rings. The zero-order valence-corrected chi connectivity index (χ0v) is 16.3. The van der Waals surface area contributed by atoms with E-state index in [1.165, 1.54) is 25.7 Å². The molecular formula is C22H34O4. The maximum Gasteiger partial charge on any atom is 0.338 e. The first-order valence-corrected chi connectivity index (χ1v) is 9.90. The quantitative estimate of drug-likeness (QED) is 0.178. The molecule has 0 aliphatic carbocycles. The summed E-state index contributed by atoms with van der Waals surface area (Å²) in [5, 5.41) is 0. The van der Waals surface area contributed by atoms with Gasteiger partial charge in [-0.15, -0.1) is 0 Å². The predicted molar refractivity (Wildman–Crippen MR) is 105 cm³/mol. The van der Waals surface area contributed by atoms with Gasteiger partial charge in [-0.1, -0.05) is 50.0 Å². The highest BCUT2D eigenvalue weighted by Crippen LogP contribution is 2.09. The highest BCUT2D eigenvalue weighted by molar-refractivity contribution is 5.89. The van der Waals surface area contributed by atoms with E-state index in [1.807, 2.05) is 38.1 Å². The van der Waals surface area contributed by atoms with Crippen molar-refractivity contribution in [2.45, 2.75) is 65.1 Å². The Morgan fingerprint density at radius 2 is 1.54 bits per heavy atom. The first-order valence-electron chi connectivity index (χ1n) is 9.90. The predicted octanol–water partition coefficient (Wildman–Crippen LogP) is 5.53. The molecule has 1 rings (SSSR count). The summed E-state index contributed by atoms with van der Waals surface area (Å²) in [7, 11) is 0. The Labute approximate surface area is 158 Å². The van der Waals surface area contributed by atoms with Crippen LogP contribution in [0.15, 0.2) is 42.5 Å². The summed E-state index contributed by atoms with van der Waals surface area (Å²) in [6.07, 6.45) is 11.9. The summed E-state index contributed by atoms with van der Waals surface area (Å²) < 4.78 is 16.2. The number of allylic oxidation sites excluding steroid dienone is 1. The van der Waals surface area contributed by atoms with Crippen LogP contribution in [0.5, 0.6) is 0 Å². The Morgan fingerprint density at radius 1 is 0.923 bits per heavy atom. The van der Waals surface area contributed by atoms with Crippen LogP contribution >= 0.6 is 0 Å². The molecule has 0 bridgehead atoms. The summed E-state index contributed by atoms with van der Waals surface area (Å²) in [5.41, 5.74) is 0.622. The molecular weight excluding hydrogens is 328 g/mol. The Balaban J connectivity index is 1.94. The monoisotopic (exact) mass is 362 g/mol. The van der Waals surface area contributed by atoms with Crippen molar-refractivity contribution in [3.05, 3.63) is 48.0 Å². The SMILES string of the molecule is CCOC(/C=C\CCCCCCCCOC(=O)c1ccccc1)OCC. The van der Waals surface area contributed by atoms with Crippen LogP contribution in [0.25, 0.3) is 0 Å². The lowest BCUT2D eigenvalue weighted by Gasteiger charge is -2.12. The Kier molecular flexibility index (Phi) is 13.4. The summed E-state index contributed by atoms with van der Waals surface area (Å²) in [6, 6.07) is 9.14. The van der Waals surface area contributed by atoms with Crippen LogP contribution in [0.4, 0.5) is 0 Å². The van der Waals surface area contributed by atoms with Gasteiger partial charge in [-0.2, -0.15) is 0 Å². The van der Waals surface area contributed by atoms with Gasteiger partial charge in [0.2, 0.25) is 0 Å². The number of ether oxygens (including phenoxy) is 3. The van der Waals surface area contributed by atoms with Crippen LogP contribution in [-0.2, 0) is 14.2 Å². The molecule has 0 heterocycles.